The van der Waals surface area contributed by atoms with Crippen LogP contribution < -0.4 is 5.73 Å². The zero-order chi connectivity index (χ0) is 14.4. The minimum atomic E-state index is -0.945. The fraction of sp³-hybridized carbons (Fsp3) is 0. The lowest BCUT2D eigenvalue weighted by molar-refractivity contribution is 0.475. The average Bonchev–Trinajstić information content (AvgIpc) is 2.65. The zero-order valence-corrected chi connectivity index (χ0v) is 11.7. The molecule has 0 spiro atoms. The Morgan fingerprint density at radius 3 is 2.30 bits per heavy atom. The Morgan fingerprint density at radius 1 is 1.05 bits per heavy atom. The largest absolute Gasteiger partial charge is 0.508 e. The summed E-state index contributed by atoms with van der Waals surface area (Å²) in [6.45, 7) is 0. The monoisotopic (exact) mass is 338 g/mol. The Labute approximate surface area is 121 Å². The number of hydrogen-bond donors (Lipinski definition) is 2. The van der Waals surface area contributed by atoms with Gasteiger partial charge in [0, 0.05) is 17.1 Å². The maximum atomic E-state index is 13.5. The zero-order valence-electron chi connectivity index (χ0n) is 10.1. The molecule has 0 aliphatic rings. The van der Waals surface area contributed by atoms with E-state index in [1.807, 2.05) is 0 Å². The molecule has 0 fully saturated rings. The lowest BCUT2D eigenvalue weighted by Crippen LogP contribution is -1.95. The second kappa shape index (κ2) is 4.49. The molecule has 2 aromatic carbocycles. The quantitative estimate of drug-likeness (QED) is 0.705. The minimum Gasteiger partial charge on any atom is -0.508 e. The molecular formula is C14H9BrF2N2O. The van der Waals surface area contributed by atoms with Gasteiger partial charge in [-0.05, 0) is 46.3 Å². The summed E-state index contributed by atoms with van der Waals surface area (Å²) in [5, 5.41) is 9.74. The molecule has 1 heterocycles. The maximum Gasteiger partial charge on any atom is 0.160 e. The van der Waals surface area contributed by atoms with E-state index in [0.29, 0.717) is 26.9 Å². The van der Waals surface area contributed by atoms with Crippen molar-refractivity contribution in [3.05, 3.63) is 52.6 Å². The Bertz CT molecular complexity index is 812. The molecule has 102 valence electrons. The molecule has 0 aliphatic carbocycles. The van der Waals surface area contributed by atoms with E-state index < -0.39 is 11.6 Å². The Kier molecular flexibility index (Phi) is 2.90. The van der Waals surface area contributed by atoms with Crippen molar-refractivity contribution in [1.29, 1.82) is 0 Å². The summed E-state index contributed by atoms with van der Waals surface area (Å²) in [4.78, 5) is 0. The van der Waals surface area contributed by atoms with Crippen LogP contribution in [-0.4, -0.2) is 9.67 Å². The highest BCUT2D eigenvalue weighted by Gasteiger charge is 2.17. The third-order valence-corrected chi connectivity index (χ3v) is 3.88. The Balaban J connectivity index is 2.38. The first-order valence-corrected chi connectivity index (χ1v) is 6.52. The molecule has 0 unspecified atom stereocenters. The SMILES string of the molecule is Nc1c(Br)n(-c2ccc(O)cc2)c2cc(F)c(F)cc12. The number of rotatable bonds is 1. The van der Waals surface area contributed by atoms with E-state index in [9.17, 15) is 13.9 Å². The van der Waals surface area contributed by atoms with Crippen molar-refractivity contribution < 1.29 is 13.9 Å². The van der Waals surface area contributed by atoms with Crippen LogP contribution in [0.3, 0.4) is 0 Å². The van der Waals surface area contributed by atoms with Crippen LogP contribution in [0.25, 0.3) is 16.6 Å². The van der Waals surface area contributed by atoms with Crippen LogP contribution in [-0.2, 0) is 0 Å². The van der Waals surface area contributed by atoms with Crippen molar-refractivity contribution in [3.63, 3.8) is 0 Å². The first-order valence-electron chi connectivity index (χ1n) is 5.73. The van der Waals surface area contributed by atoms with Crippen LogP contribution in [0.5, 0.6) is 5.75 Å². The first-order chi connectivity index (χ1) is 9.49. The van der Waals surface area contributed by atoms with Gasteiger partial charge in [-0.2, -0.15) is 0 Å². The number of anilines is 1. The van der Waals surface area contributed by atoms with Gasteiger partial charge in [0.15, 0.2) is 11.6 Å². The summed E-state index contributed by atoms with van der Waals surface area (Å²) in [6.07, 6.45) is 0. The van der Waals surface area contributed by atoms with Gasteiger partial charge in [-0.1, -0.05) is 0 Å². The molecule has 1 aromatic heterocycles. The number of benzene rings is 2. The van der Waals surface area contributed by atoms with Crippen LogP contribution in [0.2, 0.25) is 0 Å². The number of aromatic nitrogens is 1. The van der Waals surface area contributed by atoms with E-state index in [1.165, 1.54) is 12.1 Å². The topological polar surface area (TPSA) is 51.2 Å². The number of halogens is 3. The number of nitrogens with zero attached hydrogens (tertiary/aromatic N) is 1. The second-order valence-corrected chi connectivity index (χ2v) is 5.09. The number of phenols is 1. The van der Waals surface area contributed by atoms with E-state index in [-0.39, 0.29) is 5.75 Å². The Hall–Kier alpha value is -2.08. The van der Waals surface area contributed by atoms with E-state index in [1.54, 1.807) is 16.7 Å². The van der Waals surface area contributed by atoms with Crippen molar-refractivity contribution in [3.8, 4) is 11.4 Å². The van der Waals surface area contributed by atoms with Gasteiger partial charge in [0.2, 0.25) is 0 Å². The first kappa shape index (κ1) is 12.9. The van der Waals surface area contributed by atoms with E-state index >= 15 is 0 Å². The fourth-order valence-electron chi connectivity index (χ4n) is 2.13. The van der Waals surface area contributed by atoms with Crippen molar-refractivity contribution in [2.45, 2.75) is 0 Å². The average molecular weight is 339 g/mol. The Morgan fingerprint density at radius 2 is 1.65 bits per heavy atom. The standard InChI is InChI=1S/C14H9BrF2N2O/c15-14-13(18)9-5-10(16)11(17)6-12(9)19(14)7-1-3-8(20)4-2-7/h1-6,20H,18H2. The van der Waals surface area contributed by atoms with Gasteiger partial charge in [0.05, 0.1) is 11.2 Å². The molecule has 0 radical (unpaired) electrons. The summed E-state index contributed by atoms with van der Waals surface area (Å²) in [5.41, 5.74) is 7.36. The van der Waals surface area contributed by atoms with Gasteiger partial charge in [0.1, 0.15) is 10.4 Å². The van der Waals surface area contributed by atoms with Crippen LogP contribution >= 0.6 is 15.9 Å². The van der Waals surface area contributed by atoms with Crippen molar-refractivity contribution in [2.75, 3.05) is 5.73 Å². The highest BCUT2D eigenvalue weighted by atomic mass is 79.9. The van der Waals surface area contributed by atoms with Crippen LogP contribution in [0.15, 0.2) is 41.0 Å². The molecule has 0 saturated heterocycles. The van der Waals surface area contributed by atoms with Gasteiger partial charge in [-0.15, -0.1) is 0 Å². The lowest BCUT2D eigenvalue weighted by atomic mass is 10.2. The predicted molar refractivity (Wildman–Crippen MR) is 77.0 cm³/mol. The van der Waals surface area contributed by atoms with E-state index in [4.69, 9.17) is 5.73 Å². The predicted octanol–water partition coefficient (Wildman–Crippen LogP) is 3.96. The second-order valence-electron chi connectivity index (χ2n) is 4.34. The molecule has 0 amide bonds. The summed E-state index contributed by atoms with van der Waals surface area (Å²) in [7, 11) is 0. The number of fused-ring (bicyclic) bond motifs is 1. The summed E-state index contributed by atoms with van der Waals surface area (Å²) < 4.78 is 29.0. The van der Waals surface area contributed by atoms with Crippen molar-refractivity contribution >= 4 is 32.5 Å². The molecule has 0 bridgehead atoms. The molecule has 20 heavy (non-hydrogen) atoms. The normalized spacial score (nSPS) is 11.2. The molecule has 0 aliphatic heterocycles. The highest BCUT2D eigenvalue weighted by molar-refractivity contribution is 9.10. The number of nitrogens with two attached hydrogens (primary N) is 1. The molecule has 0 saturated carbocycles. The molecule has 3 aromatic rings. The minimum absolute atomic E-state index is 0.117. The molecule has 6 heteroatoms. The van der Waals surface area contributed by atoms with Crippen LogP contribution in [0, 0.1) is 11.6 Å². The third-order valence-electron chi connectivity index (χ3n) is 3.10. The molecule has 3 rings (SSSR count). The number of hydrogen-bond acceptors (Lipinski definition) is 2. The molecule has 0 atom stereocenters. The number of aromatic hydroxyl groups is 1. The summed E-state index contributed by atoms with van der Waals surface area (Å²) >= 11 is 3.33. The third kappa shape index (κ3) is 1.84. The van der Waals surface area contributed by atoms with Gasteiger partial charge >= 0.3 is 0 Å². The van der Waals surface area contributed by atoms with Gasteiger partial charge in [-0.25, -0.2) is 8.78 Å². The van der Waals surface area contributed by atoms with Gasteiger partial charge in [0.25, 0.3) is 0 Å². The fourth-order valence-corrected chi connectivity index (χ4v) is 2.74. The van der Waals surface area contributed by atoms with Crippen LogP contribution in [0.4, 0.5) is 14.5 Å². The van der Waals surface area contributed by atoms with E-state index in [2.05, 4.69) is 15.9 Å². The van der Waals surface area contributed by atoms with Gasteiger partial charge in [-0.3, -0.25) is 0 Å². The van der Waals surface area contributed by atoms with Gasteiger partial charge < -0.3 is 15.4 Å². The molecule has 3 nitrogen and oxygen atoms in total. The number of nitrogen functional groups attached to an aromatic ring is 1. The van der Waals surface area contributed by atoms with Crippen LogP contribution in [0.1, 0.15) is 0 Å². The smallest absolute Gasteiger partial charge is 0.160 e. The molecular weight excluding hydrogens is 330 g/mol. The maximum absolute atomic E-state index is 13.5. The molecule has 3 N–H and O–H groups in total. The highest BCUT2D eigenvalue weighted by Crippen LogP contribution is 2.36. The van der Waals surface area contributed by atoms with E-state index in [0.717, 1.165) is 12.1 Å². The summed E-state index contributed by atoms with van der Waals surface area (Å²) in [6, 6.07) is 8.48. The van der Waals surface area contributed by atoms with Crippen molar-refractivity contribution in [2.24, 2.45) is 0 Å². The summed E-state index contributed by atoms with van der Waals surface area (Å²) in [5.74, 6) is -1.77. The lowest BCUT2D eigenvalue weighted by Gasteiger charge is -2.07. The van der Waals surface area contributed by atoms with Crippen molar-refractivity contribution in [1.82, 2.24) is 4.57 Å². The number of phenolic OH excluding ortho intramolecular Hbond substituents is 1.